The van der Waals surface area contributed by atoms with E-state index in [2.05, 4.69) is 17.6 Å². The molecule has 11 nitrogen and oxygen atoms in total. The van der Waals surface area contributed by atoms with Gasteiger partial charge < -0.3 is 29.6 Å². The first kappa shape index (κ1) is 51.3. The first-order valence-corrected chi connectivity index (χ1v) is 24.0. The van der Waals surface area contributed by atoms with Crippen LogP contribution in [0.5, 0.6) is 5.75 Å². The lowest BCUT2D eigenvalue weighted by Gasteiger charge is -2.33. The Morgan fingerprint density at radius 1 is 0.828 bits per heavy atom. The second-order valence-electron chi connectivity index (χ2n) is 17.2. The zero-order chi connectivity index (χ0) is 46.5. The quantitative estimate of drug-likeness (QED) is 0.0521. The minimum Gasteiger partial charge on any atom is -0.485 e. The SMILES string of the molecule is CCCOCCOCCCNC(=O)CCC(C)(C)OCCC(C)(C)Oc1cc(C(c2ccc(Cl)cc2)c2ccc(Cl)cc2)cc2c(NC3CCN(S(=O)(=O)C(F)(F)F)CC3)ccnc12. The number of piperidine rings is 1. The number of amides is 1. The van der Waals surface area contributed by atoms with Crippen LogP contribution in [0.15, 0.2) is 72.9 Å². The number of carbonyl (C=O) groups excluding carboxylic acids is 1. The number of aromatic nitrogens is 1. The van der Waals surface area contributed by atoms with Crippen LogP contribution in [0.2, 0.25) is 10.0 Å². The lowest BCUT2D eigenvalue weighted by Crippen LogP contribution is -2.47. The van der Waals surface area contributed by atoms with Crippen molar-refractivity contribution in [1.82, 2.24) is 14.6 Å². The molecule has 1 saturated heterocycles. The Labute approximate surface area is 385 Å². The van der Waals surface area contributed by atoms with Crippen LogP contribution in [0.4, 0.5) is 18.9 Å². The molecule has 1 aliphatic heterocycles. The van der Waals surface area contributed by atoms with E-state index >= 15 is 0 Å². The molecular formula is C47H61Cl2F3N4O7S. The number of alkyl halides is 3. The molecule has 64 heavy (non-hydrogen) atoms. The van der Waals surface area contributed by atoms with E-state index in [1.54, 1.807) is 12.3 Å². The van der Waals surface area contributed by atoms with Crippen LogP contribution in [0.25, 0.3) is 10.9 Å². The van der Waals surface area contributed by atoms with E-state index in [-0.39, 0.29) is 43.8 Å². The van der Waals surface area contributed by atoms with Crippen molar-refractivity contribution < 1.29 is 45.3 Å². The molecule has 1 aromatic heterocycles. The van der Waals surface area contributed by atoms with Crippen molar-refractivity contribution in [3.05, 3.63) is 99.7 Å². The molecule has 1 fully saturated rings. The number of rotatable bonds is 24. The van der Waals surface area contributed by atoms with Gasteiger partial charge in [-0.05, 0) is 119 Å². The van der Waals surface area contributed by atoms with E-state index in [1.165, 1.54) is 0 Å². The number of fused-ring (bicyclic) bond motifs is 1. The van der Waals surface area contributed by atoms with Crippen LogP contribution >= 0.6 is 23.2 Å². The average Bonchev–Trinajstić information content (AvgIpc) is 3.23. The molecular weight excluding hydrogens is 893 g/mol. The maximum atomic E-state index is 13.3. The Hall–Kier alpha value is -3.70. The van der Waals surface area contributed by atoms with E-state index in [0.717, 1.165) is 29.7 Å². The first-order valence-electron chi connectivity index (χ1n) is 21.8. The fourth-order valence-corrected chi connectivity index (χ4v) is 8.71. The summed E-state index contributed by atoms with van der Waals surface area (Å²) >= 11 is 12.7. The molecule has 0 atom stereocenters. The molecule has 5 rings (SSSR count). The molecule has 0 unspecified atom stereocenters. The van der Waals surface area contributed by atoms with Gasteiger partial charge in [-0.2, -0.15) is 17.5 Å². The predicted molar refractivity (Wildman–Crippen MR) is 247 cm³/mol. The minimum atomic E-state index is -5.43. The highest BCUT2D eigenvalue weighted by atomic mass is 35.5. The fraction of sp³-hybridized carbons (Fsp3) is 0.532. The smallest absolute Gasteiger partial charge is 0.485 e. The Bertz CT molecular complexity index is 2180. The Morgan fingerprint density at radius 3 is 2.03 bits per heavy atom. The molecule has 17 heteroatoms. The highest BCUT2D eigenvalue weighted by Crippen LogP contribution is 2.41. The van der Waals surface area contributed by atoms with Crippen LogP contribution < -0.4 is 15.4 Å². The van der Waals surface area contributed by atoms with Gasteiger partial charge in [-0.1, -0.05) is 54.4 Å². The van der Waals surface area contributed by atoms with Crippen molar-refractivity contribution in [2.24, 2.45) is 0 Å². The van der Waals surface area contributed by atoms with E-state index in [9.17, 15) is 26.4 Å². The van der Waals surface area contributed by atoms with Gasteiger partial charge in [0.05, 0.1) is 25.4 Å². The normalized spacial score (nSPS) is 14.6. The van der Waals surface area contributed by atoms with Crippen molar-refractivity contribution in [1.29, 1.82) is 0 Å². The molecule has 0 aliphatic carbocycles. The second kappa shape index (κ2) is 23.2. The third-order valence-corrected chi connectivity index (χ3v) is 13.2. The summed E-state index contributed by atoms with van der Waals surface area (Å²) in [6.07, 6.45) is 4.99. The molecule has 0 spiro atoms. The number of hydrogen-bond acceptors (Lipinski definition) is 9. The number of hydrogen-bond donors (Lipinski definition) is 2. The highest BCUT2D eigenvalue weighted by molar-refractivity contribution is 7.90. The molecule has 1 amide bonds. The summed E-state index contributed by atoms with van der Waals surface area (Å²) in [4.78, 5) is 17.4. The molecule has 4 aromatic rings. The van der Waals surface area contributed by atoms with Crippen molar-refractivity contribution in [3.8, 4) is 5.75 Å². The van der Waals surface area contributed by atoms with Gasteiger partial charge in [0.25, 0.3) is 0 Å². The summed E-state index contributed by atoms with van der Waals surface area (Å²) in [6.45, 7) is 12.6. The maximum absolute atomic E-state index is 13.3. The number of carbonyl (C=O) groups is 1. The van der Waals surface area contributed by atoms with Crippen molar-refractivity contribution in [2.45, 2.75) is 108 Å². The predicted octanol–water partition coefficient (Wildman–Crippen LogP) is 10.5. The summed E-state index contributed by atoms with van der Waals surface area (Å²) < 4.78 is 89.0. The number of nitrogens with one attached hydrogen (secondary N) is 2. The van der Waals surface area contributed by atoms with Crippen LogP contribution in [0.3, 0.4) is 0 Å². The van der Waals surface area contributed by atoms with Gasteiger partial charge in [-0.25, -0.2) is 8.42 Å². The number of anilines is 1. The van der Waals surface area contributed by atoms with Gasteiger partial charge in [0.1, 0.15) is 16.9 Å². The van der Waals surface area contributed by atoms with Crippen LogP contribution in [-0.2, 0) is 29.0 Å². The van der Waals surface area contributed by atoms with Crippen molar-refractivity contribution >= 4 is 55.7 Å². The van der Waals surface area contributed by atoms with Gasteiger partial charge in [0.15, 0.2) is 0 Å². The monoisotopic (exact) mass is 952 g/mol. The molecule has 352 valence electrons. The van der Waals surface area contributed by atoms with Gasteiger partial charge in [0.2, 0.25) is 5.91 Å². The first-order chi connectivity index (χ1) is 30.3. The van der Waals surface area contributed by atoms with Gasteiger partial charge in [0, 0.05) is 85.0 Å². The lowest BCUT2D eigenvalue weighted by atomic mass is 9.84. The number of sulfonamides is 1. The second-order valence-corrected chi connectivity index (χ2v) is 20.0. The van der Waals surface area contributed by atoms with E-state index < -0.39 is 26.7 Å². The lowest BCUT2D eigenvalue weighted by molar-refractivity contribution is -0.123. The topological polar surface area (TPSA) is 128 Å². The summed E-state index contributed by atoms with van der Waals surface area (Å²) in [5, 5.41) is 8.33. The molecule has 0 saturated carbocycles. The molecule has 1 aliphatic rings. The molecule has 2 heterocycles. The molecule has 0 bridgehead atoms. The molecule has 3 aromatic carbocycles. The molecule has 2 N–H and O–H groups in total. The Morgan fingerprint density at radius 2 is 1.44 bits per heavy atom. The summed E-state index contributed by atoms with van der Waals surface area (Å²) in [7, 11) is -5.43. The van der Waals surface area contributed by atoms with Crippen LogP contribution in [0.1, 0.15) is 102 Å². The Kier molecular flexibility index (Phi) is 18.6. The van der Waals surface area contributed by atoms with Gasteiger partial charge in [-0.3, -0.25) is 9.78 Å². The minimum absolute atomic E-state index is 0.0462. The highest BCUT2D eigenvalue weighted by Gasteiger charge is 2.50. The molecule has 0 radical (unpaired) electrons. The van der Waals surface area contributed by atoms with Crippen LogP contribution in [0, 0.1) is 0 Å². The summed E-state index contributed by atoms with van der Waals surface area (Å²) in [5.41, 5.74) is -2.70. The van der Waals surface area contributed by atoms with Crippen LogP contribution in [-0.4, -0.2) is 99.0 Å². The van der Waals surface area contributed by atoms with E-state index in [4.69, 9.17) is 47.1 Å². The van der Waals surface area contributed by atoms with E-state index in [0.29, 0.717) is 95.3 Å². The summed E-state index contributed by atoms with van der Waals surface area (Å²) in [6, 6.07) is 20.7. The number of pyridine rings is 1. The average molecular weight is 954 g/mol. The summed E-state index contributed by atoms with van der Waals surface area (Å²) in [5.74, 6) is 0.153. The van der Waals surface area contributed by atoms with E-state index in [1.807, 2.05) is 88.4 Å². The largest absolute Gasteiger partial charge is 0.511 e. The fourth-order valence-electron chi connectivity index (χ4n) is 7.47. The third-order valence-electron chi connectivity index (χ3n) is 11.1. The van der Waals surface area contributed by atoms with Crippen molar-refractivity contribution in [2.75, 3.05) is 58.0 Å². The zero-order valence-corrected chi connectivity index (χ0v) is 39.6. The maximum Gasteiger partial charge on any atom is 0.511 e. The number of nitrogens with zero attached hydrogens (tertiary/aromatic N) is 2. The standard InChI is InChI=1S/C47H61Cl2F3N4O7S/c1-6-26-60-29-30-61-27-7-22-53-42(57)16-20-45(2,3)62-28-21-46(4,5)63-41-32-35(43(33-8-12-36(48)13-9-33)34-10-14-37(49)15-11-34)31-39-40(17-23-54-44(39)41)55-38-18-24-56(25-19-38)64(58,59)47(50,51)52/h8-15,17,23,31-32,38,43H,6-7,16,18-22,24-30H2,1-5H3,(H,53,57)(H,54,55). The number of ether oxygens (including phenoxy) is 4. The van der Waals surface area contributed by atoms with Gasteiger partial charge in [-0.15, -0.1) is 0 Å². The Balaban J connectivity index is 1.33. The number of benzene rings is 3. The third kappa shape index (κ3) is 14.9. The van der Waals surface area contributed by atoms with Crippen molar-refractivity contribution in [3.63, 3.8) is 0 Å². The number of halogens is 5. The van der Waals surface area contributed by atoms with Gasteiger partial charge >= 0.3 is 15.5 Å². The zero-order valence-electron chi connectivity index (χ0n) is 37.2.